The summed E-state index contributed by atoms with van der Waals surface area (Å²) in [5, 5.41) is 9.12. The minimum atomic E-state index is -3.83. The van der Waals surface area contributed by atoms with Gasteiger partial charge in [-0.3, -0.25) is 4.79 Å². The van der Waals surface area contributed by atoms with Crippen LogP contribution >= 0.6 is 0 Å². The Kier molecular flexibility index (Phi) is 5.58. The number of ether oxygens (including phenoxy) is 1. The Bertz CT molecular complexity index is 818. The lowest BCUT2D eigenvalue weighted by Gasteiger charge is -2.19. The molecular formula is C17H19NO5S. The number of aliphatic carboxylic acids is 1. The zero-order valence-corrected chi connectivity index (χ0v) is 14.2. The Morgan fingerprint density at radius 1 is 1.21 bits per heavy atom. The van der Waals surface area contributed by atoms with Crippen molar-refractivity contribution in [3.05, 3.63) is 59.7 Å². The molecular weight excluding hydrogens is 330 g/mol. The van der Waals surface area contributed by atoms with Gasteiger partial charge in [-0.25, -0.2) is 13.1 Å². The Morgan fingerprint density at radius 2 is 1.88 bits per heavy atom. The third-order valence-corrected chi connectivity index (χ3v) is 5.04. The molecule has 0 aliphatic heterocycles. The van der Waals surface area contributed by atoms with Crippen LogP contribution in [0.25, 0.3) is 0 Å². The summed E-state index contributed by atoms with van der Waals surface area (Å²) in [4.78, 5) is 11.2. The first-order chi connectivity index (χ1) is 11.3. The smallest absolute Gasteiger partial charge is 0.305 e. The molecule has 6 nitrogen and oxygen atoms in total. The van der Waals surface area contributed by atoms with Crippen molar-refractivity contribution in [3.63, 3.8) is 0 Å². The summed E-state index contributed by atoms with van der Waals surface area (Å²) in [6.45, 7) is 1.81. The zero-order valence-electron chi connectivity index (χ0n) is 13.4. The fourth-order valence-electron chi connectivity index (χ4n) is 2.38. The van der Waals surface area contributed by atoms with Crippen LogP contribution in [0.1, 0.15) is 23.6 Å². The van der Waals surface area contributed by atoms with E-state index in [9.17, 15) is 13.2 Å². The van der Waals surface area contributed by atoms with E-state index < -0.39 is 22.0 Å². The SMILES string of the molecule is COc1ccc(C(CC(=O)O)NS(=O)(=O)c2ccccc2)cc1C. The van der Waals surface area contributed by atoms with Gasteiger partial charge in [0.05, 0.1) is 24.5 Å². The van der Waals surface area contributed by atoms with Crippen LogP contribution in [0.15, 0.2) is 53.4 Å². The highest BCUT2D eigenvalue weighted by Gasteiger charge is 2.24. The Labute approximate surface area is 141 Å². The van der Waals surface area contributed by atoms with Crippen molar-refractivity contribution in [1.29, 1.82) is 0 Å². The van der Waals surface area contributed by atoms with Crippen LogP contribution in [0.5, 0.6) is 5.75 Å². The topological polar surface area (TPSA) is 92.7 Å². The van der Waals surface area contributed by atoms with Crippen LogP contribution in [0.2, 0.25) is 0 Å². The summed E-state index contributed by atoms with van der Waals surface area (Å²) in [7, 11) is -2.29. The molecule has 0 aliphatic rings. The van der Waals surface area contributed by atoms with E-state index in [1.54, 1.807) is 36.4 Å². The molecule has 0 aliphatic carbocycles. The average molecular weight is 349 g/mol. The number of methoxy groups -OCH3 is 1. The maximum Gasteiger partial charge on any atom is 0.305 e. The van der Waals surface area contributed by atoms with Gasteiger partial charge in [0.15, 0.2) is 0 Å². The molecule has 1 unspecified atom stereocenters. The van der Waals surface area contributed by atoms with Gasteiger partial charge in [0.25, 0.3) is 0 Å². The van der Waals surface area contributed by atoms with Gasteiger partial charge in [0.2, 0.25) is 10.0 Å². The van der Waals surface area contributed by atoms with Crippen LogP contribution in [-0.2, 0) is 14.8 Å². The Balaban J connectivity index is 2.36. The molecule has 0 spiro atoms. The minimum absolute atomic E-state index is 0.0885. The van der Waals surface area contributed by atoms with Crippen LogP contribution < -0.4 is 9.46 Å². The second kappa shape index (κ2) is 7.46. The summed E-state index contributed by atoms with van der Waals surface area (Å²) in [6, 6.07) is 12.0. The number of aryl methyl sites for hydroxylation is 1. The second-order valence-electron chi connectivity index (χ2n) is 5.31. The quantitative estimate of drug-likeness (QED) is 0.801. The molecule has 7 heteroatoms. The molecule has 0 saturated carbocycles. The highest BCUT2D eigenvalue weighted by atomic mass is 32.2. The number of carboxylic acids is 1. The molecule has 0 fully saturated rings. The fraction of sp³-hybridized carbons (Fsp3) is 0.235. The zero-order chi connectivity index (χ0) is 17.7. The molecule has 0 saturated heterocycles. The summed E-state index contributed by atoms with van der Waals surface area (Å²) >= 11 is 0. The van der Waals surface area contributed by atoms with Gasteiger partial charge >= 0.3 is 5.97 Å². The maximum absolute atomic E-state index is 12.5. The largest absolute Gasteiger partial charge is 0.496 e. The first-order valence-electron chi connectivity index (χ1n) is 7.27. The normalized spacial score (nSPS) is 12.6. The van der Waals surface area contributed by atoms with Crippen molar-refractivity contribution in [1.82, 2.24) is 4.72 Å². The van der Waals surface area contributed by atoms with Crippen molar-refractivity contribution in [2.75, 3.05) is 7.11 Å². The molecule has 2 N–H and O–H groups in total. The number of carbonyl (C=O) groups is 1. The van der Waals surface area contributed by atoms with Crippen LogP contribution in [-0.4, -0.2) is 26.6 Å². The van der Waals surface area contributed by atoms with Crippen LogP contribution in [0.3, 0.4) is 0 Å². The van der Waals surface area contributed by atoms with E-state index >= 15 is 0 Å². The van der Waals surface area contributed by atoms with Crippen LogP contribution in [0.4, 0.5) is 0 Å². The fourth-order valence-corrected chi connectivity index (χ4v) is 3.62. The van der Waals surface area contributed by atoms with E-state index in [0.717, 1.165) is 5.56 Å². The van der Waals surface area contributed by atoms with E-state index in [2.05, 4.69) is 4.72 Å². The standard InChI is InChI=1S/C17H19NO5S/c1-12-10-13(8-9-16(12)23-2)15(11-17(19)20)18-24(21,22)14-6-4-3-5-7-14/h3-10,15,18H,11H2,1-2H3,(H,19,20). The van der Waals surface area contributed by atoms with E-state index in [0.29, 0.717) is 11.3 Å². The molecule has 128 valence electrons. The third kappa shape index (κ3) is 4.33. The van der Waals surface area contributed by atoms with E-state index in [1.165, 1.54) is 19.2 Å². The number of hydrogen-bond acceptors (Lipinski definition) is 4. The molecule has 0 aromatic heterocycles. The predicted octanol–water partition coefficient (Wildman–Crippen LogP) is 2.50. The first kappa shape index (κ1) is 18.0. The average Bonchev–Trinajstić information content (AvgIpc) is 2.54. The second-order valence-corrected chi connectivity index (χ2v) is 7.03. The number of hydrogen-bond donors (Lipinski definition) is 2. The van der Waals surface area contributed by atoms with Crippen molar-refractivity contribution in [2.24, 2.45) is 0 Å². The van der Waals surface area contributed by atoms with Crippen LogP contribution in [0, 0.1) is 6.92 Å². The Hall–Kier alpha value is -2.38. The molecule has 0 amide bonds. The summed E-state index contributed by atoms with van der Waals surface area (Å²) in [5.41, 5.74) is 1.36. The van der Waals surface area contributed by atoms with Gasteiger partial charge in [0, 0.05) is 0 Å². The summed E-state index contributed by atoms with van der Waals surface area (Å²) in [5.74, 6) is -0.442. The van der Waals surface area contributed by atoms with Gasteiger partial charge in [-0.05, 0) is 36.2 Å². The van der Waals surface area contributed by atoms with Gasteiger partial charge in [-0.15, -0.1) is 0 Å². The van der Waals surface area contributed by atoms with E-state index in [-0.39, 0.29) is 11.3 Å². The van der Waals surface area contributed by atoms with Gasteiger partial charge in [0.1, 0.15) is 5.75 Å². The van der Waals surface area contributed by atoms with Crippen molar-refractivity contribution < 1.29 is 23.1 Å². The number of nitrogens with one attached hydrogen (secondary N) is 1. The lowest BCUT2D eigenvalue weighted by Crippen LogP contribution is -2.30. The molecule has 2 aromatic rings. The Morgan fingerprint density at radius 3 is 2.42 bits per heavy atom. The number of benzene rings is 2. The van der Waals surface area contributed by atoms with Gasteiger partial charge < -0.3 is 9.84 Å². The van der Waals surface area contributed by atoms with Gasteiger partial charge in [-0.1, -0.05) is 30.3 Å². The molecule has 1 atom stereocenters. The number of sulfonamides is 1. The highest BCUT2D eigenvalue weighted by Crippen LogP contribution is 2.26. The van der Waals surface area contributed by atoms with Gasteiger partial charge in [-0.2, -0.15) is 0 Å². The molecule has 0 radical (unpaired) electrons. The van der Waals surface area contributed by atoms with Crippen molar-refractivity contribution in [2.45, 2.75) is 24.3 Å². The van der Waals surface area contributed by atoms with Crippen molar-refractivity contribution in [3.8, 4) is 5.75 Å². The minimum Gasteiger partial charge on any atom is -0.496 e. The number of carboxylic acid groups (broad SMARTS) is 1. The lowest BCUT2D eigenvalue weighted by atomic mass is 10.0. The molecule has 24 heavy (non-hydrogen) atoms. The van der Waals surface area contributed by atoms with Crippen molar-refractivity contribution >= 4 is 16.0 Å². The predicted molar refractivity (Wildman–Crippen MR) is 89.5 cm³/mol. The number of rotatable bonds is 7. The maximum atomic E-state index is 12.5. The summed E-state index contributed by atoms with van der Waals surface area (Å²) < 4.78 is 32.6. The monoisotopic (exact) mass is 349 g/mol. The van der Waals surface area contributed by atoms with E-state index in [1.807, 2.05) is 6.92 Å². The summed E-state index contributed by atoms with van der Waals surface area (Å²) in [6.07, 6.45) is -0.363. The van der Waals surface area contributed by atoms with E-state index in [4.69, 9.17) is 9.84 Å². The highest BCUT2D eigenvalue weighted by molar-refractivity contribution is 7.89. The lowest BCUT2D eigenvalue weighted by molar-refractivity contribution is -0.137. The molecule has 2 rings (SSSR count). The first-order valence-corrected chi connectivity index (χ1v) is 8.75. The third-order valence-electron chi connectivity index (χ3n) is 3.55. The molecule has 0 bridgehead atoms. The molecule has 0 heterocycles. The molecule has 2 aromatic carbocycles.